The molecule has 2 aliphatic rings. The number of amides is 2. The number of imide groups is 1. The molecule has 2 aliphatic heterocycles. The third-order valence-electron chi connectivity index (χ3n) is 4.69. The Balaban J connectivity index is 1.93. The summed E-state index contributed by atoms with van der Waals surface area (Å²) in [6.07, 6.45) is 6.15. The average Bonchev–Trinajstić information content (AvgIpc) is 2.39. The molecule has 4 heteroatoms. The highest BCUT2D eigenvalue weighted by Crippen LogP contribution is 2.29. The molecule has 108 valence electrons. The highest BCUT2D eigenvalue weighted by molar-refractivity contribution is 6.00. The molecule has 2 amide bonds. The van der Waals surface area contributed by atoms with E-state index in [0.29, 0.717) is 18.8 Å². The van der Waals surface area contributed by atoms with Crippen LogP contribution in [0.5, 0.6) is 0 Å². The zero-order valence-electron chi connectivity index (χ0n) is 12.2. The molecule has 2 fully saturated rings. The van der Waals surface area contributed by atoms with Gasteiger partial charge in [0.2, 0.25) is 11.8 Å². The first-order valence-electron chi connectivity index (χ1n) is 7.69. The summed E-state index contributed by atoms with van der Waals surface area (Å²) in [7, 11) is 0. The van der Waals surface area contributed by atoms with Crippen LogP contribution in [0.25, 0.3) is 0 Å². The van der Waals surface area contributed by atoms with Gasteiger partial charge in [-0.15, -0.1) is 0 Å². The zero-order chi connectivity index (χ0) is 13.8. The maximum atomic E-state index is 11.9. The molecule has 1 N–H and O–H groups in total. The van der Waals surface area contributed by atoms with Crippen LogP contribution in [0.1, 0.15) is 52.4 Å². The number of hydrogen-bond acceptors (Lipinski definition) is 3. The molecule has 2 rings (SSSR count). The third-order valence-corrected chi connectivity index (χ3v) is 4.69. The quantitative estimate of drug-likeness (QED) is 0.791. The molecule has 4 nitrogen and oxygen atoms in total. The Morgan fingerprint density at radius 1 is 1.37 bits per heavy atom. The average molecular weight is 266 g/mol. The lowest BCUT2D eigenvalue weighted by molar-refractivity contribution is -0.138. The Bertz CT molecular complexity index is 343. The second-order valence-corrected chi connectivity index (χ2v) is 6.13. The Morgan fingerprint density at radius 2 is 2.16 bits per heavy atom. The molecule has 0 radical (unpaired) electrons. The molecule has 0 bridgehead atoms. The number of carbonyl (C=O) groups is 2. The smallest absolute Gasteiger partial charge is 0.243 e. The van der Waals surface area contributed by atoms with E-state index in [2.05, 4.69) is 24.1 Å². The lowest BCUT2D eigenvalue weighted by Crippen LogP contribution is -2.55. The molecule has 3 atom stereocenters. The van der Waals surface area contributed by atoms with Crippen molar-refractivity contribution in [1.82, 2.24) is 10.2 Å². The van der Waals surface area contributed by atoms with Crippen LogP contribution in [-0.2, 0) is 9.59 Å². The van der Waals surface area contributed by atoms with Crippen molar-refractivity contribution in [1.29, 1.82) is 0 Å². The maximum absolute atomic E-state index is 11.9. The van der Waals surface area contributed by atoms with Gasteiger partial charge in [0.05, 0.1) is 6.04 Å². The molecule has 2 saturated heterocycles. The van der Waals surface area contributed by atoms with Gasteiger partial charge in [0.1, 0.15) is 0 Å². The summed E-state index contributed by atoms with van der Waals surface area (Å²) in [4.78, 5) is 25.4. The summed E-state index contributed by atoms with van der Waals surface area (Å²) in [5, 5.41) is 2.48. The standard InChI is InChI=1S/C15H26N2O2/c1-3-5-11(2)12-6-4-9-17(10-12)13-7-8-14(18)16-15(13)19/h11-13H,3-10H2,1-2H3,(H,16,18,19). The normalized spacial score (nSPS) is 31.1. The van der Waals surface area contributed by atoms with Gasteiger partial charge in [-0.3, -0.25) is 19.8 Å². The highest BCUT2D eigenvalue weighted by atomic mass is 16.2. The summed E-state index contributed by atoms with van der Waals surface area (Å²) in [5.41, 5.74) is 0. The Labute approximate surface area is 115 Å². The van der Waals surface area contributed by atoms with Crippen molar-refractivity contribution in [3.05, 3.63) is 0 Å². The van der Waals surface area contributed by atoms with Gasteiger partial charge in [0.25, 0.3) is 0 Å². The van der Waals surface area contributed by atoms with Gasteiger partial charge in [-0.25, -0.2) is 0 Å². The summed E-state index contributed by atoms with van der Waals surface area (Å²) >= 11 is 0. The largest absolute Gasteiger partial charge is 0.295 e. The van der Waals surface area contributed by atoms with Crippen LogP contribution in [-0.4, -0.2) is 35.8 Å². The fourth-order valence-electron chi connectivity index (χ4n) is 3.51. The van der Waals surface area contributed by atoms with E-state index in [9.17, 15) is 9.59 Å². The van der Waals surface area contributed by atoms with Crippen molar-refractivity contribution in [2.45, 2.75) is 58.4 Å². The first kappa shape index (κ1) is 14.5. The lowest BCUT2D eigenvalue weighted by atomic mass is 9.83. The van der Waals surface area contributed by atoms with Crippen LogP contribution in [0.2, 0.25) is 0 Å². The molecule has 0 spiro atoms. The monoisotopic (exact) mass is 266 g/mol. The third kappa shape index (κ3) is 3.56. The number of nitrogens with one attached hydrogen (secondary N) is 1. The predicted octanol–water partition coefficient (Wildman–Crippen LogP) is 1.94. The van der Waals surface area contributed by atoms with Crippen molar-refractivity contribution >= 4 is 11.8 Å². The van der Waals surface area contributed by atoms with E-state index in [-0.39, 0.29) is 17.9 Å². The van der Waals surface area contributed by atoms with Crippen LogP contribution in [0.3, 0.4) is 0 Å². The van der Waals surface area contributed by atoms with E-state index >= 15 is 0 Å². The Hall–Kier alpha value is -0.900. The fourth-order valence-corrected chi connectivity index (χ4v) is 3.51. The number of rotatable bonds is 4. The molecule has 0 aromatic rings. The van der Waals surface area contributed by atoms with Crippen LogP contribution >= 0.6 is 0 Å². The second kappa shape index (κ2) is 6.51. The zero-order valence-corrected chi connectivity index (χ0v) is 12.2. The second-order valence-electron chi connectivity index (χ2n) is 6.13. The van der Waals surface area contributed by atoms with E-state index in [1.807, 2.05) is 0 Å². The molecule has 0 aromatic carbocycles. The predicted molar refractivity (Wildman–Crippen MR) is 74.5 cm³/mol. The number of carbonyl (C=O) groups excluding carboxylic acids is 2. The van der Waals surface area contributed by atoms with Crippen LogP contribution in [0, 0.1) is 11.8 Å². The van der Waals surface area contributed by atoms with Gasteiger partial charge >= 0.3 is 0 Å². The molecular formula is C15H26N2O2. The van der Waals surface area contributed by atoms with E-state index in [1.54, 1.807) is 0 Å². The van der Waals surface area contributed by atoms with Gasteiger partial charge in [-0.1, -0.05) is 26.7 Å². The number of nitrogens with zero attached hydrogens (tertiary/aromatic N) is 1. The van der Waals surface area contributed by atoms with Gasteiger partial charge in [0.15, 0.2) is 0 Å². The van der Waals surface area contributed by atoms with Crippen LogP contribution < -0.4 is 5.32 Å². The maximum Gasteiger partial charge on any atom is 0.243 e. The van der Waals surface area contributed by atoms with Crippen molar-refractivity contribution in [3.63, 3.8) is 0 Å². The highest BCUT2D eigenvalue weighted by Gasteiger charge is 2.35. The summed E-state index contributed by atoms with van der Waals surface area (Å²) < 4.78 is 0. The molecular weight excluding hydrogens is 240 g/mol. The molecule has 2 heterocycles. The molecule has 0 saturated carbocycles. The van der Waals surface area contributed by atoms with Crippen molar-refractivity contribution in [2.75, 3.05) is 13.1 Å². The van der Waals surface area contributed by atoms with Gasteiger partial charge in [0, 0.05) is 13.0 Å². The number of hydrogen-bond donors (Lipinski definition) is 1. The van der Waals surface area contributed by atoms with Gasteiger partial charge < -0.3 is 0 Å². The molecule has 0 aliphatic carbocycles. The van der Waals surface area contributed by atoms with E-state index in [4.69, 9.17) is 0 Å². The summed E-state index contributed by atoms with van der Waals surface area (Å²) in [5.74, 6) is 1.24. The minimum atomic E-state index is -0.117. The first-order chi connectivity index (χ1) is 9.11. The lowest BCUT2D eigenvalue weighted by Gasteiger charge is -2.40. The first-order valence-corrected chi connectivity index (χ1v) is 7.69. The minimum absolute atomic E-state index is 0.0747. The van der Waals surface area contributed by atoms with Crippen LogP contribution in [0.4, 0.5) is 0 Å². The Kier molecular flexibility index (Phi) is 4.97. The van der Waals surface area contributed by atoms with E-state index in [0.717, 1.165) is 19.0 Å². The van der Waals surface area contributed by atoms with Crippen molar-refractivity contribution in [2.24, 2.45) is 11.8 Å². The number of likely N-dealkylation sites (tertiary alicyclic amines) is 1. The van der Waals surface area contributed by atoms with Crippen LogP contribution in [0.15, 0.2) is 0 Å². The van der Waals surface area contributed by atoms with Crippen molar-refractivity contribution < 1.29 is 9.59 Å². The van der Waals surface area contributed by atoms with E-state index < -0.39 is 0 Å². The van der Waals surface area contributed by atoms with E-state index in [1.165, 1.54) is 25.7 Å². The fraction of sp³-hybridized carbons (Fsp3) is 0.867. The summed E-state index contributed by atoms with van der Waals surface area (Å²) in [6.45, 7) is 6.59. The van der Waals surface area contributed by atoms with Gasteiger partial charge in [-0.2, -0.15) is 0 Å². The molecule has 3 unspecified atom stereocenters. The van der Waals surface area contributed by atoms with Crippen molar-refractivity contribution in [3.8, 4) is 0 Å². The number of piperidine rings is 2. The summed E-state index contributed by atoms with van der Waals surface area (Å²) in [6, 6.07) is -0.0747. The molecule has 0 aromatic heterocycles. The van der Waals surface area contributed by atoms with Gasteiger partial charge in [-0.05, 0) is 37.6 Å². The molecule has 19 heavy (non-hydrogen) atoms. The Morgan fingerprint density at radius 3 is 2.84 bits per heavy atom. The minimum Gasteiger partial charge on any atom is -0.295 e. The topological polar surface area (TPSA) is 49.4 Å². The SMILES string of the molecule is CCCC(C)C1CCCN(C2CCC(=O)NC2=O)C1.